The normalized spacial score (nSPS) is 13.3. The number of guanidine groups is 1. The van der Waals surface area contributed by atoms with Crippen LogP contribution in [-0.4, -0.2) is 37.7 Å². The molecule has 0 fully saturated rings. The average molecular weight is 358 g/mol. The summed E-state index contributed by atoms with van der Waals surface area (Å²) in [6.45, 7) is 4.08. The first-order valence-electron chi connectivity index (χ1n) is 8.16. The van der Waals surface area contributed by atoms with E-state index >= 15 is 0 Å². The highest BCUT2D eigenvalue weighted by atomic mass is 19.4. The smallest absolute Gasteiger partial charge is 0.356 e. The lowest BCUT2D eigenvalue weighted by Gasteiger charge is -2.14. The zero-order valence-electron chi connectivity index (χ0n) is 14.7. The Morgan fingerprint density at radius 1 is 1.20 bits per heavy atom. The topological polar surface area (TPSA) is 65.5 Å². The molecule has 25 heavy (non-hydrogen) atoms. The van der Waals surface area contributed by atoms with Crippen molar-refractivity contribution in [1.82, 2.24) is 16.0 Å². The fourth-order valence-electron chi connectivity index (χ4n) is 1.91. The molecule has 1 amide bonds. The molecule has 0 heterocycles. The summed E-state index contributed by atoms with van der Waals surface area (Å²) in [7, 11) is 1.49. The lowest BCUT2D eigenvalue weighted by molar-refractivity contribution is -0.132. The molecular weight excluding hydrogens is 333 g/mol. The highest BCUT2D eigenvalue weighted by molar-refractivity contribution is 5.94. The maximum Gasteiger partial charge on any atom is 0.390 e. The molecule has 8 heteroatoms. The largest absolute Gasteiger partial charge is 0.390 e. The van der Waals surface area contributed by atoms with Crippen molar-refractivity contribution in [3.8, 4) is 0 Å². The SMILES string of the molecule is CCC(C)NC(=O)c1ccc(CNC(=NC)NCCC(F)(F)F)cc1. The summed E-state index contributed by atoms with van der Waals surface area (Å²) in [6, 6.07) is 7.13. The Balaban J connectivity index is 2.48. The molecule has 5 nitrogen and oxygen atoms in total. The van der Waals surface area contributed by atoms with Gasteiger partial charge in [-0.3, -0.25) is 9.79 Å². The van der Waals surface area contributed by atoms with Crippen molar-refractivity contribution < 1.29 is 18.0 Å². The van der Waals surface area contributed by atoms with Crippen LogP contribution in [0.25, 0.3) is 0 Å². The van der Waals surface area contributed by atoms with E-state index in [4.69, 9.17) is 0 Å². The molecule has 0 aliphatic heterocycles. The van der Waals surface area contributed by atoms with E-state index in [1.807, 2.05) is 13.8 Å². The fourth-order valence-corrected chi connectivity index (χ4v) is 1.91. The Morgan fingerprint density at radius 2 is 1.84 bits per heavy atom. The molecule has 0 radical (unpaired) electrons. The Kier molecular flexibility index (Phi) is 8.24. The van der Waals surface area contributed by atoms with Crippen LogP contribution in [0, 0.1) is 0 Å². The van der Waals surface area contributed by atoms with Gasteiger partial charge in [-0.25, -0.2) is 0 Å². The molecule has 0 bridgehead atoms. The molecule has 1 aromatic rings. The summed E-state index contributed by atoms with van der Waals surface area (Å²) in [5.41, 5.74) is 1.45. The van der Waals surface area contributed by atoms with Gasteiger partial charge in [0.25, 0.3) is 5.91 Å². The van der Waals surface area contributed by atoms with Gasteiger partial charge in [0.1, 0.15) is 0 Å². The predicted octanol–water partition coefficient (Wildman–Crippen LogP) is 2.83. The lowest BCUT2D eigenvalue weighted by Crippen LogP contribution is -2.38. The number of rotatable bonds is 7. The third-order valence-corrected chi connectivity index (χ3v) is 3.59. The first-order chi connectivity index (χ1) is 11.7. The number of hydrogen-bond donors (Lipinski definition) is 3. The molecule has 0 saturated heterocycles. The number of carbonyl (C=O) groups is 1. The Labute approximate surface area is 146 Å². The van der Waals surface area contributed by atoms with Crippen LogP contribution in [0.5, 0.6) is 0 Å². The lowest BCUT2D eigenvalue weighted by atomic mass is 10.1. The molecule has 0 aromatic heterocycles. The van der Waals surface area contributed by atoms with Crippen molar-refractivity contribution in [1.29, 1.82) is 0 Å². The zero-order chi connectivity index (χ0) is 18.9. The van der Waals surface area contributed by atoms with Crippen molar-refractivity contribution in [2.45, 2.75) is 45.5 Å². The third-order valence-electron chi connectivity index (χ3n) is 3.59. The fraction of sp³-hybridized carbons (Fsp3) is 0.529. The number of hydrogen-bond acceptors (Lipinski definition) is 2. The van der Waals surface area contributed by atoms with E-state index in [9.17, 15) is 18.0 Å². The summed E-state index contributed by atoms with van der Waals surface area (Å²) in [4.78, 5) is 15.9. The first-order valence-corrected chi connectivity index (χ1v) is 8.16. The molecule has 0 aliphatic rings. The molecule has 1 aromatic carbocycles. The maximum atomic E-state index is 12.1. The van der Waals surface area contributed by atoms with Gasteiger partial charge in [0.05, 0.1) is 6.42 Å². The van der Waals surface area contributed by atoms with Crippen LogP contribution < -0.4 is 16.0 Å². The van der Waals surface area contributed by atoms with Crippen molar-refractivity contribution in [3.63, 3.8) is 0 Å². The molecule has 1 atom stereocenters. The standard InChI is InChI=1S/C17H25F3N4O/c1-4-12(2)24-15(25)14-7-5-13(6-8-14)11-23-16(21-3)22-10-9-17(18,19)20/h5-8,12H,4,9-11H2,1-3H3,(H,24,25)(H2,21,22,23). The number of amides is 1. The molecule has 140 valence electrons. The number of carbonyl (C=O) groups excluding carboxylic acids is 1. The predicted molar refractivity (Wildman–Crippen MR) is 92.5 cm³/mol. The number of nitrogens with one attached hydrogen (secondary N) is 3. The van der Waals surface area contributed by atoms with Crippen molar-refractivity contribution in [2.24, 2.45) is 4.99 Å². The summed E-state index contributed by atoms with van der Waals surface area (Å²) < 4.78 is 36.4. The van der Waals surface area contributed by atoms with Crippen LogP contribution in [0.1, 0.15) is 42.6 Å². The van der Waals surface area contributed by atoms with Crippen LogP contribution in [-0.2, 0) is 6.54 Å². The number of halogens is 3. The minimum Gasteiger partial charge on any atom is -0.356 e. The van der Waals surface area contributed by atoms with Crippen molar-refractivity contribution >= 4 is 11.9 Å². The molecule has 1 rings (SSSR count). The van der Waals surface area contributed by atoms with E-state index < -0.39 is 12.6 Å². The quantitative estimate of drug-likeness (QED) is 0.519. The van der Waals surface area contributed by atoms with Crippen LogP contribution in [0.2, 0.25) is 0 Å². The third kappa shape index (κ3) is 8.42. The highest BCUT2D eigenvalue weighted by Crippen LogP contribution is 2.18. The molecule has 3 N–H and O–H groups in total. The first kappa shape index (κ1) is 20.8. The summed E-state index contributed by atoms with van der Waals surface area (Å²) in [5, 5.41) is 8.43. The van der Waals surface area contributed by atoms with E-state index in [2.05, 4.69) is 20.9 Å². The average Bonchev–Trinajstić information content (AvgIpc) is 2.57. The van der Waals surface area contributed by atoms with E-state index in [0.29, 0.717) is 18.1 Å². The summed E-state index contributed by atoms with van der Waals surface area (Å²) >= 11 is 0. The molecule has 0 saturated carbocycles. The van der Waals surface area contributed by atoms with Gasteiger partial charge in [0.2, 0.25) is 0 Å². The van der Waals surface area contributed by atoms with Crippen LogP contribution in [0.15, 0.2) is 29.3 Å². The second kappa shape index (κ2) is 9.90. The van der Waals surface area contributed by atoms with E-state index in [1.165, 1.54) is 7.05 Å². The number of aliphatic imine (C=N–C) groups is 1. The Morgan fingerprint density at radius 3 is 2.36 bits per heavy atom. The van der Waals surface area contributed by atoms with Gasteiger partial charge in [0, 0.05) is 31.7 Å². The van der Waals surface area contributed by atoms with E-state index in [0.717, 1.165) is 12.0 Å². The Hall–Kier alpha value is -2.25. The van der Waals surface area contributed by atoms with Gasteiger partial charge < -0.3 is 16.0 Å². The maximum absolute atomic E-state index is 12.1. The van der Waals surface area contributed by atoms with Gasteiger partial charge in [0.15, 0.2) is 5.96 Å². The number of nitrogens with zero attached hydrogens (tertiary/aromatic N) is 1. The zero-order valence-corrected chi connectivity index (χ0v) is 14.7. The van der Waals surface area contributed by atoms with Gasteiger partial charge in [-0.2, -0.15) is 13.2 Å². The van der Waals surface area contributed by atoms with Gasteiger partial charge in [-0.1, -0.05) is 19.1 Å². The second-order valence-electron chi connectivity index (χ2n) is 5.70. The minimum absolute atomic E-state index is 0.111. The van der Waals surface area contributed by atoms with Gasteiger partial charge in [-0.15, -0.1) is 0 Å². The molecular formula is C17H25F3N4O. The van der Waals surface area contributed by atoms with Gasteiger partial charge in [-0.05, 0) is 31.0 Å². The van der Waals surface area contributed by atoms with Crippen LogP contribution in [0.3, 0.4) is 0 Å². The van der Waals surface area contributed by atoms with Gasteiger partial charge >= 0.3 is 6.18 Å². The Bertz CT molecular complexity index is 570. The molecule has 1 unspecified atom stereocenters. The van der Waals surface area contributed by atoms with E-state index in [1.54, 1.807) is 24.3 Å². The van der Waals surface area contributed by atoms with Crippen molar-refractivity contribution in [2.75, 3.05) is 13.6 Å². The summed E-state index contributed by atoms with van der Waals surface area (Å²) in [5.74, 6) is 0.168. The summed E-state index contributed by atoms with van der Waals surface area (Å²) in [6.07, 6.45) is -4.26. The minimum atomic E-state index is -4.20. The van der Waals surface area contributed by atoms with Crippen LogP contribution >= 0.6 is 0 Å². The molecule has 0 aliphatic carbocycles. The van der Waals surface area contributed by atoms with Crippen molar-refractivity contribution in [3.05, 3.63) is 35.4 Å². The van der Waals surface area contributed by atoms with E-state index in [-0.39, 0.29) is 18.5 Å². The number of alkyl halides is 3. The number of benzene rings is 1. The molecule has 0 spiro atoms. The second-order valence-corrected chi connectivity index (χ2v) is 5.70. The monoisotopic (exact) mass is 358 g/mol. The highest BCUT2D eigenvalue weighted by Gasteiger charge is 2.26. The van der Waals surface area contributed by atoms with Crippen LogP contribution in [0.4, 0.5) is 13.2 Å².